The van der Waals surface area contributed by atoms with Crippen molar-refractivity contribution in [2.75, 3.05) is 0 Å². The fourth-order valence-electron chi connectivity index (χ4n) is 2.96. The highest BCUT2D eigenvalue weighted by Gasteiger charge is 2.09. The van der Waals surface area contributed by atoms with Crippen LogP contribution >= 0.6 is 15.9 Å². The Balaban J connectivity index is 1.38. The third-order valence-corrected chi connectivity index (χ3v) is 4.96. The van der Waals surface area contributed by atoms with E-state index in [-0.39, 0.29) is 5.91 Å². The maximum atomic E-state index is 12.5. The summed E-state index contributed by atoms with van der Waals surface area (Å²) in [4.78, 5) is 16.8. The van der Waals surface area contributed by atoms with Crippen LogP contribution in [-0.2, 0) is 13.1 Å². The largest absolute Gasteiger partial charge is 0.439 e. The molecule has 7 heteroatoms. The van der Waals surface area contributed by atoms with Gasteiger partial charge in [-0.3, -0.25) is 9.48 Å². The molecule has 2 aromatic carbocycles. The Kier molecular flexibility index (Phi) is 6.20. The van der Waals surface area contributed by atoms with E-state index in [0.717, 1.165) is 15.6 Å². The van der Waals surface area contributed by atoms with E-state index in [9.17, 15) is 4.79 Å². The van der Waals surface area contributed by atoms with Gasteiger partial charge in [-0.15, -0.1) is 0 Å². The lowest BCUT2D eigenvalue weighted by molar-refractivity contribution is 0.0950. The van der Waals surface area contributed by atoms with Gasteiger partial charge in [0.25, 0.3) is 5.91 Å². The molecule has 6 nitrogen and oxygen atoms in total. The molecule has 1 amide bonds. The van der Waals surface area contributed by atoms with Crippen LogP contribution in [0.4, 0.5) is 0 Å². The summed E-state index contributed by atoms with van der Waals surface area (Å²) in [6.07, 6.45) is 5.18. The van der Waals surface area contributed by atoms with Crippen LogP contribution < -0.4 is 10.1 Å². The van der Waals surface area contributed by atoms with E-state index in [1.165, 1.54) is 6.20 Å². The predicted molar refractivity (Wildman–Crippen MR) is 117 cm³/mol. The molecule has 0 unspecified atom stereocenters. The van der Waals surface area contributed by atoms with Gasteiger partial charge in [0.2, 0.25) is 5.88 Å². The van der Waals surface area contributed by atoms with Gasteiger partial charge in [-0.1, -0.05) is 46.3 Å². The number of carbonyl (C=O) groups excluding carboxylic acids is 1. The van der Waals surface area contributed by atoms with E-state index < -0.39 is 0 Å². The van der Waals surface area contributed by atoms with Gasteiger partial charge in [0.15, 0.2) is 0 Å². The number of rotatable bonds is 7. The van der Waals surface area contributed by atoms with Crippen molar-refractivity contribution in [1.82, 2.24) is 20.1 Å². The molecular formula is C23H19BrN4O2. The zero-order valence-electron chi connectivity index (χ0n) is 16.0. The molecule has 4 rings (SSSR count). The number of amides is 1. The van der Waals surface area contributed by atoms with Crippen molar-refractivity contribution in [2.24, 2.45) is 0 Å². The number of nitrogens with one attached hydrogen (secondary N) is 1. The first-order valence-electron chi connectivity index (χ1n) is 9.39. The minimum Gasteiger partial charge on any atom is -0.439 e. The first-order valence-corrected chi connectivity index (χ1v) is 10.2. The molecule has 2 aromatic heterocycles. The molecule has 0 saturated carbocycles. The Labute approximate surface area is 182 Å². The monoisotopic (exact) mass is 462 g/mol. The first-order chi connectivity index (χ1) is 14.7. The molecule has 0 aliphatic carbocycles. The quantitative estimate of drug-likeness (QED) is 0.427. The highest BCUT2D eigenvalue weighted by Crippen LogP contribution is 2.23. The maximum absolute atomic E-state index is 12.5. The zero-order valence-corrected chi connectivity index (χ0v) is 17.6. The average molecular weight is 463 g/mol. The van der Waals surface area contributed by atoms with Gasteiger partial charge in [0, 0.05) is 35.7 Å². The topological polar surface area (TPSA) is 69.0 Å². The van der Waals surface area contributed by atoms with Crippen molar-refractivity contribution in [3.8, 4) is 11.6 Å². The van der Waals surface area contributed by atoms with Gasteiger partial charge in [0.1, 0.15) is 5.75 Å². The summed E-state index contributed by atoms with van der Waals surface area (Å²) < 4.78 is 8.48. The Hall–Kier alpha value is -3.45. The average Bonchev–Trinajstić information content (AvgIpc) is 3.27. The second-order valence-corrected chi connectivity index (χ2v) is 7.52. The highest BCUT2D eigenvalue weighted by molar-refractivity contribution is 9.10. The van der Waals surface area contributed by atoms with Gasteiger partial charge in [-0.2, -0.15) is 5.10 Å². The second-order valence-electron chi connectivity index (χ2n) is 6.60. The van der Waals surface area contributed by atoms with Gasteiger partial charge in [-0.25, -0.2) is 4.98 Å². The van der Waals surface area contributed by atoms with E-state index in [0.29, 0.717) is 30.3 Å². The van der Waals surface area contributed by atoms with E-state index in [1.807, 2.05) is 65.5 Å². The molecule has 0 spiro atoms. The fraction of sp³-hybridized carbons (Fsp3) is 0.0870. The molecule has 0 atom stereocenters. The molecular weight excluding hydrogens is 444 g/mol. The Bertz CT molecular complexity index is 1130. The van der Waals surface area contributed by atoms with Crippen molar-refractivity contribution in [3.05, 3.63) is 106 Å². The van der Waals surface area contributed by atoms with Crippen molar-refractivity contribution < 1.29 is 9.53 Å². The minimum atomic E-state index is -0.189. The summed E-state index contributed by atoms with van der Waals surface area (Å²) >= 11 is 3.41. The summed E-state index contributed by atoms with van der Waals surface area (Å²) in [5.41, 5.74) is 2.63. The van der Waals surface area contributed by atoms with Gasteiger partial charge in [0.05, 0.1) is 12.1 Å². The summed E-state index contributed by atoms with van der Waals surface area (Å²) in [6.45, 7) is 1.08. The van der Waals surface area contributed by atoms with E-state index in [1.54, 1.807) is 18.3 Å². The standard InChI is InChI=1S/C23H19BrN4O2/c24-20-7-3-8-21(13-20)30-22-10-9-18(15-25-22)23(29)26-14-17-5-1-2-6-19(17)16-28-12-4-11-27-28/h1-13,15H,14,16H2,(H,26,29). The van der Waals surface area contributed by atoms with Crippen LogP contribution in [0.2, 0.25) is 0 Å². The molecule has 0 aliphatic rings. The molecule has 30 heavy (non-hydrogen) atoms. The van der Waals surface area contributed by atoms with Crippen molar-refractivity contribution >= 4 is 21.8 Å². The number of ether oxygens (including phenoxy) is 1. The van der Waals surface area contributed by atoms with Crippen LogP contribution in [0.25, 0.3) is 0 Å². The highest BCUT2D eigenvalue weighted by atomic mass is 79.9. The first kappa shape index (κ1) is 19.8. The van der Waals surface area contributed by atoms with Gasteiger partial charge in [-0.05, 0) is 41.5 Å². The molecule has 150 valence electrons. The third-order valence-electron chi connectivity index (χ3n) is 4.47. The van der Waals surface area contributed by atoms with Gasteiger partial charge >= 0.3 is 0 Å². The van der Waals surface area contributed by atoms with Crippen molar-refractivity contribution in [1.29, 1.82) is 0 Å². The van der Waals surface area contributed by atoms with E-state index in [4.69, 9.17) is 4.74 Å². The van der Waals surface area contributed by atoms with E-state index in [2.05, 4.69) is 31.3 Å². The predicted octanol–water partition coefficient (Wildman–Crippen LogP) is 4.81. The smallest absolute Gasteiger partial charge is 0.253 e. The van der Waals surface area contributed by atoms with Crippen LogP contribution in [0.5, 0.6) is 11.6 Å². The Morgan fingerprint density at radius 3 is 2.63 bits per heavy atom. The molecule has 2 heterocycles. The summed E-state index contributed by atoms with van der Waals surface area (Å²) in [6, 6.07) is 20.8. The fourth-order valence-corrected chi connectivity index (χ4v) is 3.33. The molecule has 0 fully saturated rings. The molecule has 0 bridgehead atoms. The van der Waals surface area contributed by atoms with Crippen LogP contribution in [0.3, 0.4) is 0 Å². The van der Waals surface area contributed by atoms with Crippen molar-refractivity contribution in [2.45, 2.75) is 13.1 Å². The second kappa shape index (κ2) is 9.37. The van der Waals surface area contributed by atoms with Crippen LogP contribution in [-0.4, -0.2) is 20.7 Å². The third kappa shape index (κ3) is 5.12. The van der Waals surface area contributed by atoms with Crippen LogP contribution in [0.15, 0.2) is 89.8 Å². The van der Waals surface area contributed by atoms with Crippen LogP contribution in [0.1, 0.15) is 21.5 Å². The molecule has 1 N–H and O–H groups in total. The zero-order chi connectivity index (χ0) is 20.8. The molecule has 0 aliphatic heterocycles. The van der Waals surface area contributed by atoms with E-state index >= 15 is 0 Å². The number of aromatic nitrogens is 3. The Morgan fingerprint density at radius 1 is 1.03 bits per heavy atom. The molecule has 0 saturated heterocycles. The van der Waals surface area contributed by atoms with Crippen molar-refractivity contribution in [3.63, 3.8) is 0 Å². The van der Waals surface area contributed by atoms with Gasteiger partial charge < -0.3 is 10.1 Å². The minimum absolute atomic E-state index is 0.189. The lowest BCUT2D eigenvalue weighted by atomic mass is 10.1. The summed E-state index contributed by atoms with van der Waals surface area (Å²) in [5.74, 6) is 0.905. The number of pyridine rings is 1. The number of nitrogens with zero attached hydrogens (tertiary/aromatic N) is 3. The number of benzene rings is 2. The number of carbonyl (C=O) groups is 1. The van der Waals surface area contributed by atoms with Crippen LogP contribution in [0, 0.1) is 0 Å². The lowest BCUT2D eigenvalue weighted by Gasteiger charge is -2.11. The lowest BCUT2D eigenvalue weighted by Crippen LogP contribution is -2.23. The number of hydrogen-bond donors (Lipinski definition) is 1. The summed E-state index contributed by atoms with van der Waals surface area (Å²) in [5, 5.41) is 7.20. The molecule has 0 radical (unpaired) electrons. The normalized spacial score (nSPS) is 10.6. The number of hydrogen-bond acceptors (Lipinski definition) is 4. The number of halogens is 1. The maximum Gasteiger partial charge on any atom is 0.253 e. The molecule has 4 aromatic rings. The Morgan fingerprint density at radius 2 is 1.90 bits per heavy atom. The summed E-state index contributed by atoms with van der Waals surface area (Å²) in [7, 11) is 0. The SMILES string of the molecule is O=C(NCc1ccccc1Cn1cccn1)c1ccc(Oc2cccc(Br)c2)nc1.